The highest BCUT2D eigenvalue weighted by Crippen LogP contribution is 2.28. The van der Waals surface area contributed by atoms with Gasteiger partial charge in [-0.1, -0.05) is 17.2 Å². The molecule has 1 rings (SSSR count). The molecule has 0 saturated carbocycles. The molecule has 1 aliphatic rings. The van der Waals surface area contributed by atoms with Crippen LogP contribution in [0, 0.1) is 0 Å². The first-order valence-corrected chi connectivity index (χ1v) is 4.82. The summed E-state index contributed by atoms with van der Waals surface area (Å²) in [7, 11) is 2.18. The van der Waals surface area contributed by atoms with Crippen LogP contribution in [0.1, 0.15) is 0 Å². The molecule has 3 heteroatoms. The molecular weight excluding hydrogens is 114 g/mol. The average Bonchev–Trinajstić information content (AvgIpc) is 1.72. The second kappa shape index (κ2) is 2.91. The van der Waals surface area contributed by atoms with Crippen LogP contribution in [0.5, 0.6) is 0 Å². The Hall–Kier alpha value is 0.820. The first kappa shape index (κ1) is 4.97. The lowest BCUT2D eigenvalue weighted by Gasteiger charge is -2.08. The van der Waals surface area contributed by atoms with Crippen molar-refractivity contribution in [3.63, 3.8) is 0 Å². The molecule has 2 atom stereocenters. The summed E-state index contributed by atoms with van der Waals surface area (Å²) < 4.78 is 5.09. The fourth-order valence-electron chi connectivity index (χ4n) is 0.386. The Labute approximate surface area is 41.4 Å². The van der Waals surface area contributed by atoms with Crippen molar-refractivity contribution in [2.75, 3.05) is 18.6 Å². The normalized spacial score (nSPS) is 32.0. The lowest BCUT2D eigenvalue weighted by molar-refractivity contribution is 0.234. The second-order valence-electron chi connectivity index (χ2n) is 1.17. The molecule has 0 aromatic heterocycles. The van der Waals surface area contributed by atoms with Crippen molar-refractivity contribution in [2.45, 2.75) is 0 Å². The molecule has 0 aromatic rings. The van der Waals surface area contributed by atoms with E-state index in [1.54, 1.807) is 0 Å². The summed E-state index contributed by atoms with van der Waals surface area (Å²) >= 11 is 0. The standard InChI is InChI=1S/C3H8OP2/c1-4-2-6-3-5-1/h5-6H,1-3H2. The summed E-state index contributed by atoms with van der Waals surface area (Å²) in [5, 5.41) is 0. The van der Waals surface area contributed by atoms with Crippen molar-refractivity contribution < 1.29 is 4.74 Å². The zero-order chi connectivity index (χ0) is 4.24. The molecular formula is C3H8OP2. The Morgan fingerprint density at radius 3 is 2.00 bits per heavy atom. The maximum absolute atomic E-state index is 5.09. The van der Waals surface area contributed by atoms with Crippen LogP contribution < -0.4 is 0 Å². The minimum atomic E-state index is 1.03. The highest BCUT2D eigenvalue weighted by atomic mass is 31.1. The van der Waals surface area contributed by atoms with Crippen LogP contribution in [0.2, 0.25) is 0 Å². The Balaban J connectivity index is 2.00. The minimum Gasteiger partial charge on any atom is -0.373 e. The van der Waals surface area contributed by atoms with Gasteiger partial charge in [0.25, 0.3) is 0 Å². The van der Waals surface area contributed by atoms with Gasteiger partial charge in [-0.25, -0.2) is 0 Å². The fraction of sp³-hybridized carbons (Fsp3) is 1.00. The average molecular weight is 122 g/mol. The third-order valence-corrected chi connectivity index (χ3v) is 3.47. The Bertz CT molecular complexity index is 24.3. The van der Waals surface area contributed by atoms with Gasteiger partial charge in [-0.05, 0) is 5.90 Å². The Kier molecular flexibility index (Phi) is 2.41. The van der Waals surface area contributed by atoms with Gasteiger partial charge < -0.3 is 4.74 Å². The van der Waals surface area contributed by atoms with E-state index in [-0.39, 0.29) is 0 Å². The molecule has 0 aromatic carbocycles. The number of rotatable bonds is 0. The van der Waals surface area contributed by atoms with Crippen molar-refractivity contribution in [3.8, 4) is 0 Å². The molecule has 6 heavy (non-hydrogen) atoms. The zero-order valence-electron chi connectivity index (χ0n) is 3.53. The molecule has 1 saturated heterocycles. The zero-order valence-corrected chi connectivity index (χ0v) is 5.53. The molecule has 1 fully saturated rings. The van der Waals surface area contributed by atoms with E-state index in [1.807, 2.05) is 0 Å². The summed E-state index contributed by atoms with van der Waals surface area (Å²) in [4.78, 5) is 0. The monoisotopic (exact) mass is 122 g/mol. The predicted octanol–water partition coefficient (Wildman–Crippen LogP) is 1.25. The van der Waals surface area contributed by atoms with Crippen LogP contribution in [-0.2, 0) is 4.74 Å². The van der Waals surface area contributed by atoms with Gasteiger partial charge in [0.05, 0.1) is 12.7 Å². The molecule has 0 spiro atoms. The molecule has 0 amide bonds. The van der Waals surface area contributed by atoms with Gasteiger partial charge >= 0.3 is 0 Å². The van der Waals surface area contributed by atoms with Gasteiger partial charge in [-0.2, -0.15) is 0 Å². The Morgan fingerprint density at radius 2 is 1.83 bits per heavy atom. The van der Waals surface area contributed by atoms with Gasteiger partial charge in [0.15, 0.2) is 0 Å². The molecule has 1 aliphatic heterocycles. The molecule has 36 valence electrons. The van der Waals surface area contributed by atoms with Crippen LogP contribution in [0.15, 0.2) is 0 Å². The minimum absolute atomic E-state index is 1.03. The van der Waals surface area contributed by atoms with Gasteiger partial charge in [0, 0.05) is 0 Å². The van der Waals surface area contributed by atoms with Gasteiger partial charge in [-0.15, -0.1) is 0 Å². The van der Waals surface area contributed by atoms with Gasteiger partial charge in [0.1, 0.15) is 0 Å². The quantitative estimate of drug-likeness (QED) is 0.439. The molecule has 0 aliphatic carbocycles. The molecule has 0 N–H and O–H groups in total. The summed E-state index contributed by atoms with van der Waals surface area (Å²) in [6, 6.07) is 0. The SMILES string of the molecule is C1OCPCP1. The highest BCUT2D eigenvalue weighted by Gasteiger charge is 1.94. The van der Waals surface area contributed by atoms with E-state index in [2.05, 4.69) is 0 Å². The van der Waals surface area contributed by atoms with Crippen LogP contribution >= 0.6 is 17.2 Å². The predicted molar refractivity (Wildman–Crippen MR) is 32.3 cm³/mol. The van der Waals surface area contributed by atoms with E-state index >= 15 is 0 Å². The van der Waals surface area contributed by atoms with E-state index in [1.165, 1.54) is 5.90 Å². The van der Waals surface area contributed by atoms with E-state index in [0.717, 1.165) is 29.9 Å². The maximum Gasteiger partial charge on any atom is 0.0638 e. The number of ether oxygens (including phenoxy) is 1. The smallest absolute Gasteiger partial charge is 0.0638 e. The third-order valence-electron chi connectivity index (χ3n) is 0.658. The van der Waals surface area contributed by atoms with E-state index in [4.69, 9.17) is 4.74 Å². The van der Waals surface area contributed by atoms with Crippen molar-refractivity contribution >= 4 is 17.2 Å². The first-order chi connectivity index (χ1) is 3.00. The van der Waals surface area contributed by atoms with Crippen molar-refractivity contribution in [2.24, 2.45) is 0 Å². The molecule has 1 heterocycles. The molecule has 0 radical (unpaired) electrons. The summed E-state index contributed by atoms with van der Waals surface area (Å²) in [6.45, 7) is 0. The van der Waals surface area contributed by atoms with Gasteiger partial charge in [0.2, 0.25) is 0 Å². The second-order valence-corrected chi connectivity index (χ2v) is 4.16. The van der Waals surface area contributed by atoms with Crippen LogP contribution in [-0.4, -0.2) is 18.6 Å². The maximum atomic E-state index is 5.09. The van der Waals surface area contributed by atoms with E-state index < -0.39 is 0 Å². The lowest BCUT2D eigenvalue weighted by Crippen LogP contribution is -1.91. The van der Waals surface area contributed by atoms with Crippen LogP contribution in [0.25, 0.3) is 0 Å². The topological polar surface area (TPSA) is 9.23 Å². The fourth-order valence-corrected chi connectivity index (χ4v) is 2.61. The Morgan fingerprint density at radius 1 is 1.17 bits per heavy atom. The third kappa shape index (κ3) is 1.51. The van der Waals surface area contributed by atoms with Crippen LogP contribution in [0.4, 0.5) is 0 Å². The summed E-state index contributed by atoms with van der Waals surface area (Å²) in [6.07, 6.45) is 2.07. The summed E-state index contributed by atoms with van der Waals surface area (Å²) in [5.74, 6) is 1.43. The molecule has 1 nitrogen and oxygen atoms in total. The van der Waals surface area contributed by atoms with Crippen molar-refractivity contribution in [1.29, 1.82) is 0 Å². The first-order valence-electron chi connectivity index (χ1n) is 1.99. The largest absolute Gasteiger partial charge is 0.373 e. The van der Waals surface area contributed by atoms with Crippen LogP contribution in [0.3, 0.4) is 0 Å². The summed E-state index contributed by atoms with van der Waals surface area (Å²) in [5.41, 5.74) is 0. The van der Waals surface area contributed by atoms with Crippen molar-refractivity contribution in [3.05, 3.63) is 0 Å². The number of hydrogen-bond acceptors (Lipinski definition) is 1. The molecule has 2 unspecified atom stereocenters. The van der Waals surface area contributed by atoms with Gasteiger partial charge in [-0.3, -0.25) is 0 Å². The lowest BCUT2D eigenvalue weighted by atomic mass is 11.5. The van der Waals surface area contributed by atoms with E-state index in [0.29, 0.717) is 0 Å². The highest BCUT2D eigenvalue weighted by molar-refractivity contribution is 7.56. The van der Waals surface area contributed by atoms with Crippen molar-refractivity contribution in [1.82, 2.24) is 0 Å². The number of hydrogen-bond donors (Lipinski definition) is 0. The molecule has 0 bridgehead atoms. The van der Waals surface area contributed by atoms with E-state index in [9.17, 15) is 0 Å².